The van der Waals surface area contributed by atoms with E-state index in [2.05, 4.69) is 15.3 Å². The highest BCUT2D eigenvalue weighted by Crippen LogP contribution is 2.34. The third-order valence-corrected chi connectivity index (χ3v) is 5.61. The summed E-state index contributed by atoms with van der Waals surface area (Å²) in [5.74, 6) is -0.154. The number of benzene rings is 1. The van der Waals surface area contributed by atoms with Crippen molar-refractivity contribution in [2.45, 2.75) is 16.8 Å². The van der Waals surface area contributed by atoms with E-state index in [-0.39, 0.29) is 0 Å². The van der Waals surface area contributed by atoms with Crippen LogP contribution in [0.5, 0.6) is 0 Å². The summed E-state index contributed by atoms with van der Waals surface area (Å²) in [7, 11) is -5.59. The van der Waals surface area contributed by atoms with Gasteiger partial charge in [0.15, 0.2) is 0 Å². The molecule has 1 aliphatic rings. The van der Waals surface area contributed by atoms with Gasteiger partial charge < -0.3 is 10.2 Å². The highest BCUT2D eigenvalue weighted by atomic mass is 32.2. The van der Waals surface area contributed by atoms with E-state index in [1.807, 2.05) is 4.90 Å². The molecule has 7 nitrogen and oxygen atoms in total. The van der Waals surface area contributed by atoms with Crippen LogP contribution < -0.4 is 10.2 Å². The molecule has 0 saturated carbocycles. The van der Waals surface area contributed by atoms with Crippen molar-refractivity contribution in [3.63, 3.8) is 0 Å². The fourth-order valence-electron chi connectivity index (χ4n) is 2.64. The fourth-order valence-corrected chi connectivity index (χ4v) is 3.56. The van der Waals surface area contributed by atoms with Crippen LogP contribution >= 0.6 is 0 Å². The van der Waals surface area contributed by atoms with Crippen LogP contribution in [0.15, 0.2) is 59.3 Å². The maximum absolute atomic E-state index is 12.9. The van der Waals surface area contributed by atoms with Crippen molar-refractivity contribution < 1.29 is 26.4 Å². The van der Waals surface area contributed by atoms with Crippen molar-refractivity contribution in [1.29, 1.82) is 0 Å². The van der Waals surface area contributed by atoms with Crippen molar-refractivity contribution >= 4 is 27.4 Å². The van der Waals surface area contributed by atoms with Gasteiger partial charge >= 0.3 is 5.51 Å². The van der Waals surface area contributed by atoms with Crippen LogP contribution in [-0.2, 0) is 14.6 Å². The molecule has 0 spiro atoms. The van der Waals surface area contributed by atoms with Crippen molar-refractivity contribution in [3.8, 4) is 0 Å². The first-order chi connectivity index (χ1) is 13.2. The third kappa shape index (κ3) is 3.98. The number of sulfone groups is 1. The number of halogens is 3. The van der Waals surface area contributed by atoms with Gasteiger partial charge in [-0.05, 0) is 24.6 Å². The Kier molecular flexibility index (Phi) is 5.36. The molecule has 2 aromatic rings. The Balaban J connectivity index is 1.77. The van der Waals surface area contributed by atoms with Gasteiger partial charge in [-0.3, -0.25) is 4.79 Å². The molecule has 0 radical (unpaired) electrons. The van der Waals surface area contributed by atoms with E-state index in [1.54, 1.807) is 24.5 Å². The summed E-state index contributed by atoms with van der Waals surface area (Å²) >= 11 is 0. The summed E-state index contributed by atoms with van der Waals surface area (Å²) in [5, 5.41) is 2.28. The molecular weight excluding hydrogens is 397 g/mol. The molecule has 11 heteroatoms. The van der Waals surface area contributed by atoms with Gasteiger partial charge in [-0.1, -0.05) is 18.2 Å². The van der Waals surface area contributed by atoms with Crippen molar-refractivity contribution in [2.75, 3.05) is 23.3 Å². The van der Waals surface area contributed by atoms with E-state index in [9.17, 15) is 26.4 Å². The monoisotopic (exact) mass is 412 g/mol. The van der Waals surface area contributed by atoms with Crippen LogP contribution in [0.1, 0.15) is 6.42 Å². The fraction of sp³-hybridized carbons (Fsp3) is 0.235. The lowest BCUT2D eigenvalue weighted by Crippen LogP contribution is -2.33. The first kappa shape index (κ1) is 19.8. The molecule has 148 valence electrons. The summed E-state index contributed by atoms with van der Waals surface area (Å²) < 4.78 is 62.0. The summed E-state index contributed by atoms with van der Waals surface area (Å²) in [6, 6.07) is 6.10. The zero-order chi connectivity index (χ0) is 20.4. The number of carbonyl (C=O) groups excluding carboxylic acids is 1. The van der Waals surface area contributed by atoms with Gasteiger partial charge in [-0.2, -0.15) is 13.2 Å². The first-order valence-electron chi connectivity index (χ1n) is 8.13. The molecule has 3 rings (SSSR count). The zero-order valence-electron chi connectivity index (χ0n) is 14.3. The highest BCUT2D eigenvalue weighted by molar-refractivity contribution is 7.92. The normalized spacial score (nSPS) is 15.1. The lowest BCUT2D eigenvalue weighted by atomic mass is 10.1. The van der Waals surface area contributed by atoms with Crippen LogP contribution in [0.3, 0.4) is 0 Å². The minimum atomic E-state index is -5.59. The number of rotatable bonds is 4. The van der Waals surface area contributed by atoms with E-state index in [4.69, 9.17) is 0 Å². The summed E-state index contributed by atoms with van der Waals surface area (Å²) in [6.07, 6.45) is 5.09. The van der Waals surface area contributed by atoms with Gasteiger partial charge in [-0.15, -0.1) is 0 Å². The average Bonchev–Trinajstić information content (AvgIpc) is 2.68. The van der Waals surface area contributed by atoms with Crippen LogP contribution in [0.4, 0.5) is 24.8 Å². The van der Waals surface area contributed by atoms with Gasteiger partial charge in [0.25, 0.3) is 15.7 Å². The topological polar surface area (TPSA) is 92.3 Å². The lowest BCUT2D eigenvalue weighted by molar-refractivity contribution is -0.113. The molecule has 2 heterocycles. The minimum absolute atomic E-state index is 0.304. The molecule has 28 heavy (non-hydrogen) atoms. The van der Waals surface area contributed by atoms with Gasteiger partial charge in [-0.25, -0.2) is 18.4 Å². The molecule has 0 saturated heterocycles. The number of alkyl halides is 3. The zero-order valence-corrected chi connectivity index (χ0v) is 15.2. The molecule has 1 aliphatic heterocycles. The number of anilines is 2. The molecular formula is C17H15F3N4O3S. The van der Waals surface area contributed by atoms with Gasteiger partial charge in [0.1, 0.15) is 0 Å². The molecule has 0 bridgehead atoms. The average molecular weight is 412 g/mol. The third-order valence-electron chi connectivity index (χ3n) is 4.07. The maximum Gasteiger partial charge on any atom is 0.501 e. The molecule has 1 amide bonds. The summed E-state index contributed by atoms with van der Waals surface area (Å²) in [6.45, 7) is 0.779. The van der Waals surface area contributed by atoms with Crippen LogP contribution in [0.25, 0.3) is 0 Å². The Morgan fingerprint density at radius 3 is 2.39 bits per heavy atom. The first-order valence-corrected chi connectivity index (χ1v) is 9.61. The number of hydrogen-bond acceptors (Lipinski definition) is 6. The van der Waals surface area contributed by atoms with E-state index in [0.29, 0.717) is 31.0 Å². The van der Waals surface area contributed by atoms with Gasteiger partial charge in [0.05, 0.1) is 10.6 Å². The number of aromatic nitrogens is 2. The van der Waals surface area contributed by atoms with Crippen LogP contribution in [-0.4, -0.2) is 42.9 Å². The number of hydrogen-bond donors (Lipinski definition) is 1. The van der Waals surface area contributed by atoms with E-state index >= 15 is 0 Å². The number of carbonyl (C=O) groups is 1. The van der Waals surface area contributed by atoms with Crippen LogP contribution in [0, 0.1) is 0 Å². The largest absolute Gasteiger partial charge is 0.501 e. The molecule has 0 unspecified atom stereocenters. The molecule has 0 atom stereocenters. The predicted octanol–water partition coefficient (Wildman–Crippen LogP) is 2.55. The second-order valence-electron chi connectivity index (χ2n) is 5.87. The van der Waals surface area contributed by atoms with Crippen LogP contribution in [0.2, 0.25) is 0 Å². The van der Waals surface area contributed by atoms with Crippen molar-refractivity contribution in [3.05, 3.63) is 54.4 Å². The molecule has 0 fully saturated rings. The van der Waals surface area contributed by atoms with E-state index in [0.717, 1.165) is 18.2 Å². The van der Waals surface area contributed by atoms with Gasteiger partial charge in [0.2, 0.25) is 5.95 Å². The summed E-state index contributed by atoms with van der Waals surface area (Å²) in [5.41, 5.74) is -5.54. The molecule has 1 N–H and O–H groups in total. The maximum atomic E-state index is 12.9. The Hall–Kier alpha value is -2.95. The second kappa shape index (κ2) is 7.58. The predicted molar refractivity (Wildman–Crippen MR) is 95.3 cm³/mol. The van der Waals surface area contributed by atoms with Gasteiger partial charge in [0, 0.05) is 31.1 Å². The Morgan fingerprint density at radius 2 is 1.79 bits per heavy atom. The number of nitrogens with zero attached hydrogens (tertiary/aromatic N) is 3. The number of amides is 1. The quantitative estimate of drug-likeness (QED) is 0.830. The summed E-state index contributed by atoms with van der Waals surface area (Å²) in [4.78, 5) is 21.5. The van der Waals surface area contributed by atoms with Crippen molar-refractivity contribution in [1.82, 2.24) is 9.97 Å². The number of para-hydroxylation sites is 1. The minimum Gasteiger partial charge on any atom is -0.337 e. The van der Waals surface area contributed by atoms with E-state index in [1.165, 1.54) is 6.07 Å². The Morgan fingerprint density at radius 1 is 1.11 bits per heavy atom. The molecule has 1 aromatic carbocycles. The molecule has 0 aliphatic carbocycles. The smallest absolute Gasteiger partial charge is 0.337 e. The lowest BCUT2D eigenvalue weighted by Gasteiger charge is -2.26. The SMILES string of the molecule is O=C(Nc1ccccc1S(=O)(=O)C(F)(F)F)C1=CCN(c2ncccn2)CC1. The standard InChI is InChI=1S/C17H15F3N4O3S/c18-17(19,20)28(26,27)14-5-2-1-4-13(14)23-15(25)12-6-10-24(11-7-12)16-21-8-3-9-22-16/h1-6,8-9H,7,10-11H2,(H,23,25). The van der Waals surface area contributed by atoms with E-state index < -0.39 is 31.8 Å². The highest BCUT2D eigenvalue weighted by Gasteiger charge is 2.48. The second-order valence-corrected chi connectivity index (χ2v) is 7.78. The molecule has 1 aromatic heterocycles. The number of nitrogens with one attached hydrogen (secondary N) is 1. The Labute approximate surface area is 158 Å². The van der Waals surface area contributed by atoms with Crippen molar-refractivity contribution in [2.24, 2.45) is 0 Å². The Bertz CT molecular complexity index is 1010.